The van der Waals surface area contributed by atoms with Crippen molar-refractivity contribution in [1.29, 1.82) is 0 Å². The Kier molecular flexibility index (Phi) is 7.41. The third-order valence-corrected chi connectivity index (χ3v) is 4.47. The number of alkyl halides is 3. The first-order chi connectivity index (χ1) is 9.90. The number of rotatable bonds is 4. The molecule has 2 unspecified atom stereocenters. The lowest BCUT2D eigenvalue weighted by atomic mass is 9.81. The van der Waals surface area contributed by atoms with E-state index < -0.39 is 18.2 Å². The molecule has 1 saturated carbocycles. The van der Waals surface area contributed by atoms with Crippen molar-refractivity contribution in [2.45, 2.75) is 56.9 Å². The molecule has 8 heteroatoms. The largest absolute Gasteiger partial charge is 0.391 e. The summed E-state index contributed by atoms with van der Waals surface area (Å²) >= 11 is 0. The summed E-state index contributed by atoms with van der Waals surface area (Å²) in [5.41, 5.74) is 5.48. The Hall–Kier alpha value is -0.530. The number of nitrogens with one attached hydrogen (secondary N) is 1. The normalized spacial score (nSPS) is 32.4. The minimum atomic E-state index is -4.12. The number of amides is 1. The zero-order chi connectivity index (χ0) is 15.5. The van der Waals surface area contributed by atoms with Gasteiger partial charge in [-0.15, -0.1) is 12.4 Å². The summed E-state index contributed by atoms with van der Waals surface area (Å²) in [5, 5.41) is 2.74. The average molecular weight is 345 g/mol. The Morgan fingerprint density at radius 1 is 1.23 bits per heavy atom. The maximum atomic E-state index is 12.7. The first-order valence-corrected chi connectivity index (χ1v) is 7.60. The maximum Gasteiger partial charge on any atom is 0.391 e. The van der Waals surface area contributed by atoms with Gasteiger partial charge in [0.1, 0.15) is 6.10 Å². The van der Waals surface area contributed by atoms with Crippen LogP contribution in [0.3, 0.4) is 0 Å². The highest BCUT2D eigenvalue weighted by Crippen LogP contribution is 2.39. The lowest BCUT2D eigenvalue weighted by Gasteiger charge is -2.30. The van der Waals surface area contributed by atoms with Gasteiger partial charge < -0.3 is 15.8 Å². The predicted octanol–water partition coefficient (Wildman–Crippen LogP) is 2.40. The van der Waals surface area contributed by atoms with E-state index in [-0.39, 0.29) is 43.2 Å². The standard InChI is InChI=1S/C14H23F3N2O2.ClH/c15-14(16,17)10-3-1-2-9(6-10)8-19-13(20)12-5-4-11(7-18)21-12;/h9-12H,1-8,18H2,(H,19,20);1H/t9?,10?,11-,12+;/m1./s1. The smallest absolute Gasteiger partial charge is 0.364 e. The molecule has 0 aromatic heterocycles. The van der Waals surface area contributed by atoms with E-state index in [1.54, 1.807) is 0 Å². The van der Waals surface area contributed by atoms with Crippen molar-refractivity contribution in [3.05, 3.63) is 0 Å². The Balaban J connectivity index is 0.00000242. The molecule has 3 N–H and O–H groups in total. The molecule has 1 saturated heterocycles. The molecule has 1 aliphatic carbocycles. The number of carbonyl (C=O) groups is 1. The fourth-order valence-electron chi connectivity index (χ4n) is 3.20. The van der Waals surface area contributed by atoms with E-state index in [1.165, 1.54) is 0 Å². The van der Waals surface area contributed by atoms with E-state index >= 15 is 0 Å². The van der Waals surface area contributed by atoms with Gasteiger partial charge in [-0.25, -0.2) is 0 Å². The van der Waals surface area contributed by atoms with Crippen molar-refractivity contribution in [1.82, 2.24) is 5.32 Å². The van der Waals surface area contributed by atoms with Crippen molar-refractivity contribution >= 4 is 18.3 Å². The first kappa shape index (κ1) is 19.5. The quantitative estimate of drug-likeness (QED) is 0.823. The van der Waals surface area contributed by atoms with Crippen LogP contribution in [0.2, 0.25) is 0 Å². The maximum absolute atomic E-state index is 12.7. The fourth-order valence-corrected chi connectivity index (χ4v) is 3.20. The third-order valence-electron chi connectivity index (χ3n) is 4.47. The highest BCUT2D eigenvalue weighted by Gasteiger charge is 2.42. The van der Waals surface area contributed by atoms with Crippen LogP contribution in [0, 0.1) is 11.8 Å². The van der Waals surface area contributed by atoms with E-state index in [2.05, 4.69) is 5.32 Å². The number of hydrogen-bond acceptors (Lipinski definition) is 3. The molecule has 0 aromatic rings. The van der Waals surface area contributed by atoms with Crippen LogP contribution in [0.1, 0.15) is 38.5 Å². The summed E-state index contributed by atoms with van der Waals surface area (Å²) in [6.07, 6.45) is -1.68. The second kappa shape index (κ2) is 8.36. The van der Waals surface area contributed by atoms with Crippen molar-refractivity contribution in [3.63, 3.8) is 0 Å². The topological polar surface area (TPSA) is 64.4 Å². The Morgan fingerprint density at radius 2 is 1.95 bits per heavy atom. The second-order valence-electron chi connectivity index (χ2n) is 6.08. The van der Waals surface area contributed by atoms with Gasteiger partial charge in [0.05, 0.1) is 12.0 Å². The molecular weight excluding hydrogens is 321 g/mol. The fraction of sp³-hybridized carbons (Fsp3) is 0.929. The van der Waals surface area contributed by atoms with E-state index in [4.69, 9.17) is 10.5 Å². The third kappa shape index (κ3) is 5.28. The molecule has 2 fully saturated rings. The van der Waals surface area contributed by atoms with Crippen LogP contribution in [-0.2, 0) is 9.53 Å². The van der Waals surface area contributed by atoms with Gasteiger partial charge in [-0.2, -0.15) is 13.2 Å². The monoisotopic (exact) mass is 344 g/mol. The van der Waals surface area contributed by atoms with Gasteiger partial charge in [0.2, 0.25) is 5.91 Å². The van der Waals surface area contributed by atoms with E-state index in [9.17, 15) is 18.0 Å². The molecule has 0 bridgehead atoms. The number of halogens is 4. The number of nitrogens with two attached hydrogens (primary N) is 1. The lowest BCUT2D eigenvalue weighted by Crippen LogP contribution is -2.40. The minimum Gasteiger partial charge on any atom is -0.364 e. The summed E-state index contributed by atoms with van der Waals surface area (Å²) in [6.45, 7) is 0.693. The molecule has 1 aliphatic heterocycles. The predicted molar refractivity (Wildman–Crippen MR) is 78.7 cm³/mol. The summed E-state index contributed by atoms with van der Waals surface area (Å²) in [6, 6.07) is 0. The van der Waals surface area contributed by atoms with Crippen LogP contribution < -0.4 is 11.1 Å². The van der Waals surface area contributed by atoms with Gasteiger partial charge in [-0.3, -0.25) is 4.79 Å². The average Bonchev–Trinajstić information content (AvgIpc) is 2.93. The van der Waals surface area contributed by atoms with Crippen LogP contribution in [0.15, 0.2) is 0 Å². The summed E-state index contributed by atoms with van der Waals surface area (Å²) in [5.74, 6) is -1.54. The molecule has 0 aromatic carbocycles. The highest BCUT2D eigenvalue weighted by molar-refractivity contribution is 5.85. The summed E-state index contributed by atoms with van der Waals surface area (Å²) < 4.78 is 43.6. The molecule has 130 valence electrons. The SMILES string of the molecule is Cl.NC[C@H]1CC[C@@H](C(=O)NCC2CCCC(C(F)(F)F)C2)O1. The molecular formula is C14H24ClF3N2O2. The van der Waals surface area contributed by atoms with Gasteiger partial charge in [-0.05, 0) is 38.0 Å². The molecule has 0 radical (unpaired) electrons. The summed E-state index contributed by atoms with van der Waals surface area (Å²) in [7, 11) is 0. The Bertz CT molecular complexity index is 368. The molecule has 2 aliphatic rings. The van der Waals surface area contributed by atoms with Crippen molar-refractivity contribution < 1.29 is 22.7 Å². The Labute approximate surface area is 134 Å². The van der Waals surface area contributed by atoms with E-state index in [0.29, 0.717) is 25.9 Å². The van der Waals surface area contributed by atoms with Crippen LogP contribution >= 0.6 is 12.4 Å². The van der Waals surface area contributed by atoms with Crippen LogP contribution in [-0.4, -0.2) is 37.4 Å². The van der Waals surface area contributed by atoms with Gasteiger partial charge in [0.15, 0.2) is 0 Å². The number of ether oxygens (including phenoxy) is 1. The van der Waals surface area contributed by atoms with Crippen LogP contribution in [0.25, 0.3) is 0 Å². The first-order valence-electron chi connectivity index (χ1n) is 7.60. The second-order valence-corrected chi connectivity index (χ2v) is 6.08. The molecule has 22 heavy (non-hydrogen) atoms. The Morgan fingerprint density at radius 3 is 2.55 bits per heavy atom. The zero-order valence-electron chi connectivity index (χ0n) is 12.4. The van der Waals surface area contributed by atoms with Crippen molar-refractivity contribution in [3.8, 4) is 0 Å². The molecule has 1 amide bonds. The zero-order valence-corrected chi connectivity index (χ0v) is 13.2. The molecule has 2 rings (SSSR count). The minimum absolute atomic E-state index is 0. The van der Waals surface area contributed by atoms with E-state index in [0.717, 1.165) is 12.8 Å². The number of hydrogen-bond donors (Lipinski definition) is 2. The van der Waals surface area contributed by atoms with Crippen LogP contribution in [0.5, 0.6) is 0 Å². The van der Waals surface area contributed by atoms with E-state index in [1.807, 2.05) is 0 Å². The van der Waals surface area contributed by atoms with Crippen LogP contribution in [0.4, 0.5) is 13.2 Å². The van der Waals surface area contributed by atoms with Gasteiger partial charge in [-0.1, -0.05) is 6.42 Å². The molecule has 4 nitrogen and oxygen atoms in total. The highest BCUT2D eigenvalue weighted by atomic mass is 35.5. The molecule has 1 heterocycles. The van der Waals surface area contributed by atoms with Crippen molar-refractivity contribution in [2.75, 3.05) is 13.1 Å². The molecule has 0 spiro atoms. The lowest BCUT2D eigenvalue weighted by molar-refractivity contribution is -0.185. The summed E-state index contributed by atoms with van der Waals surface area (Å²) in [4.78, 5) is 11.9. The number of carbonyl (C=O) groups excluding carboxylic acids is 1. The van der Waals surface area contributed by atoms with Gasteiger partial charge in [0, 0.05) is 13.1 Å². The van der Waals surface area contributed by atoms with Gasteiger partial charge in [0.25, 0.3) is 0 Å². The van der Waals surface area contributed by atoms with Gasteiger partial charge >= 0.3 is 6.18 Å². The van der Waals surface area contributed by atoms with Crippen molar-refractivity contribution in [2.24, 2.45) is 17.6 Å². The molecule has 4 atom stereocenters.